The summed E-state index contributed by atoms with van der Waals surface area (Å²) < 4.78 is 10.8. The normalized spacial score (nSPS) is 10.8. The molecule has 0 saturated carbocycles. The predicted octanol–water partition coefficient (Wildman–Crippen LogP) is 5.41. The molecule has 3 rings (SSSR count). The largest absolute Gasteiger partial charge is 0.493 e. The van der Waals surface area contributed by atoms with Crippen molar-refractivity contribution in [2.45, 2.75) is 27.2 Å². The number of nitrogens with zero attached hydrogens (tertiary/aromatic N) is 2. The van der Waals surface area contributed by atoms with E-state index < -0.39 is 0 Å². The second kappa shape index (κ2) is 8.74. The van der Waals surface area contributed by atoms with Crippen LogP contribution in [-0.2, 0) is 6.42 Å². The van der Waals surface area contributed by atoms with Gasteiger partial charge in [0.25, 0.3) is 0 Å². The molecular weight excluding hydrogens is 350 g/mol. The van der Waals surface area contributed by atoms with Gasteiger partial charge in [0, 0.05) is 23.4 Å². The van der Waals surface area contributed by atoms with Crippen LogP contribution < -0.4 is 14.8 Å². The van der Waals surface area contributed by atoms with Crippen molar-refractivity contribution in [3.8, 4) is 22.8 Å². The van der Waals surface area contributed by atoms with Crippen molar-refractivity contribution in [1.82, 2.24) is 9.97 Å². The van der Waals surface area contributed by atoms with Crippen molar-refractivity contribution < 1.29 is 9.47 Å². The Morgan fingerprint density at radius 1 is 0.929 bits per heavy atom. The fourth-order valence-electron chi connectivity index (χ4n) is 3.12. The highest BCUT2D eigenvalue weighted by Crippen LogP contribution is 2.34. The fourth-order valence-corrected chi connectivity index (χ4v) is 3.12. The van der Waals surface area contributed by atoms with Gasteiger partial charge < -0.3 is 14.8 Å². The van der Waals surface area contributed by atoms with E-state index in [1.54, 1.807) is 20.5 Å². The molecule has 0 aliphatic carbocycles. The summed E-state index contributed by atoms with van der Waals surface area (Å²) in [6.45, 7) is 6.47. The maximum Gasteiger partial charge on any atom is 0.162 e. The van der Waals surface area contributed by atoms with E-state index in [2.05, 4.69) is 53.4 Å². The maximum absolute atomic E-state index is 5.40. The molecule has 2 aromatic carbocycles. The van der Waals surface area contributed by atoms with Gasteiger partial charge in [0.2, 0.25) is 0 Å². The number of anilines is 2. The Kier molecular flexibility index (Phi) is 6.14. The molecule has 3 aromatic rings. The van der Waals surface area contributed by atoms with Crippen molar-refractivity contribution in [3.05, 3.63) is 59.9 Å². The van der Waals surface area contributed by atoms with Crippen LogP contribution in [0.3, 0.4) is 0 Å². The number of hydrogen-bond acceptors (Lipinski definition) is 5. The minimum absolute atomic E-state index is 0.644. The second-order valence-corrected chi connectivity index (χ2v) is 7.23. The SMILES string of the molecule is COc1cc(C)c(Nc2cc(-c3ccc(CC(C)C)cc3)ncn2)cc1OC. The van der Waals surface area contributed by atoms with Crippen LogP contribution in [0.1, 0.15) is 25.0 Å². The van der Waals surface area contributed by atoms with E-state index in [-0.39, 0.29) is 0 Å². The van der Waals surface area contributed by atoms with E-state index >= 15 is 0 Å². The Labute approximate surface area is 166 Å². The van der Waals surface area contributed by atoms with Crippen molar-refractivity contribution in [1.29, 1.82) is 0 Å². The third-order valence-corrected chi connectivity index (χ3v) is 4.55. The van der Waals surface area contributed by atoms with Crippen LogP contribution in [0.5, 0.6) is 11.5 Å². The van der Waals surface area contributed by atoms with Crippen LogP contribution >= 0.6 is 0 Å². The van der Waals surface area contributed by atoms with Crippen LogP contribution in [0.15, 0.2) is 48.8 Å². The van der Waals surface area contributed by atoms with Gasteiger partial charge in [-0.3, -0.25) is 0 Å². The molecule has 0 fully saturated rings. The first-order valence-corrected chi connectivity index (χ1v) is 9.41. The number of rotatable bonds is 7. The van der Waals surface area contributed by atoms with E-state index in [9.17, 15) is 0 Å². The van der Waals surface area contributed by atoms with Gasteiger partial charge in [0.05, 0.1) is 19.9 Å². The molecule has 5 heteroatoms. The monoisotopic (exact) mass is 377 g/mol. The van der Waals surface area contributed by atoms with Crippen LogP contribution in [0, 0.1) is 12.8 Å². The van der Waals surface area contributed by atoms with Gasteiger partial charge in [-0.25, -0.2) is 9.97 Å². The zero-order chi connectivity index (χ0) is 20.1. The summed E-state index contributed by atoms with van der Waals surface area (Å²) in [5, 5.41) is 3.36. The van der Waals surface area contributed by atoms with Gasteiger partial charge in [0.1, 0.15) is 12.1 Å². The van der Waals surface area contributed by atoms with Gasteiger partial charge >= 0.3 is 0 Å². The standard InChI is InChI=1S/C23H27N3O2/c1-15(2)10-17-6-8-18(9-7-17)20-13-23(25-14-24-20)26-19-12-22(28-5)21(27-4)11-16(19)3/h6-9,11-15H,10H2,1-5H3,(H,24,25,26). The lowest BCUT2D eigenvalue weighted by molar-refractivity contribution is 0.355. The topological polar surface area (TPSA) is 56.3 Å². The molecule has 0 radical (unpaired) electrons. The summed E-state index contributed by atoms with van der Waals surface area (Å²) in [5.74, 6) is 2.75. The summed E-state index contributed by atoms with van der Waals surface area (Å²) in [4.78, 5) is 8.79. The molecule has 0 atom stereocenters. The molecule has 1 N–H and O–H groups in total. The molecular formula is C23H27N3O2. The molecule has 0 aliphatic heterocycles. The highest BCUT2D eigenvalue weighted by atomic mass is 16.5. The summed E-state index contributed by atoms with van der Waals surface area (Å²) in [5.41, 5.74) is 5.24. The minimum Gasteiger partial charge on any atom is -0.493 e. The summed E-state index contributed by atoms with van der Waals surface area (Å²) in [7, 11) is 3.26. The van der Waals surface area contributed by atoms with Crippen LogP contribution in [0.2, 0.25) is 0 Å². The first-order valence-electron chi connectivity index (χ1n) is 9.41. The summed E-state index contributed by atoms with van der Waals surface area (Å²) in [6, 6.07) is 14.4. The van der Waals surface area contributed by atoms with Gasteiger partial charge in [-0.05, 0) is 36.5 Å². The van der Waals surface area contributed by atoms with E-state index in [1.165, 1.54) is 5.56 Å². The number of aromatic nitrogens is 2. The third-order valence-electron chi connectivity index (χ3n) is 4.55. The molecule has 0 bridgehead atoms. The Balaban J connectivity index is 1.84. The Morgan fingerprint density at radius 3 is 2.25 bits per heavy atom. The average Bonchev–Trinajstić information content (AvgIpc) is 2.69. The van der Waals surface area contributed by atoms with Gasteiger partial charge in [-0.1, -0.05) is 38.1 Å². The number of aryl methyl sites for hydroxylation is 1. The fraction of sp³-hybridized carbons (Fsp3) is 0.304. The lowest BCUT2D eigenvalue weighted by Crippen LogP contribution is -1.99. The molecule has 1 aromatic heterocycles. The molecule has 5 nitrogen and oxygen atoms in total. The van der Waals surface area contributed by atoms with Gasteiger partial charge in [0.15, 0.2) is 11.5 Å². The second-order valence-electron chi connectivity index (χ2n) is 7.23. The lowest BCUT2D eigenvalue weighted by Gasteiger charge is -2.14. The first-order chi connectivity index (χ1) is 13.5. The molecule has 0 saturated heterocycles. The number of methoxy groups -OCH3 is 2. The average molecular weight is 377 g/mol. The van der Waals surface area contributed by atoms with Gasteiger partial charge in [-0.15, -0.1) is 0 Å². The molecule has 146 valence electrons. The third kappa shape index (κ3) is 4.60. The van der Waals surface area contributed by atoms with Crippen molar-refractivity contribution in [3.63, 3.8) is 0 Å². The maximum atomic E-state index is 5.40. The number of hydrogen-bond donors (Lipinski definition) is 1. The van der Waals surface area contributed by atoms with E-state index in [1.807, 2.05) is 25.1 Å². The van der Waals surface area contributed by atoms with Crippen LogP contribution in [0.25, 0.3) is 11.3 Å². The number of ether oxygens (including phenoxy) is 2. The Hall–Kier alpha value is -3.08. The highest BCUT2D eigenvalue weighted by molar-refractivity contribution is 5.69. The van der Waals surface area contributed by atoms with E-state index in [0.717, 1.165) is 34.7 Å². The first kappa shape index (κ1) is 19.7. The zero-order valence-corrected chi connectivity index (χ0v) is 17.1. The predicted molar refractivity (Wildman–Crippen MR) is 114 cm³/mol. The molecule has 0 amide bonds. The van der Waals surface area contributed by atoms with E-state index in [4.69, 9.17) is 9.47 Å². The smallest absolute Gasteiger partial charge is 0.162 e. The number of benzene rings is 2. The quantitative estimate of drug-likeness (QED) is 0.596. The molecule has 0 unspecified atom stereocenters. The number of nitrogens with one attached hydrogen (secondary N) is 1. The van der Waals surface area contributed by atoms with E-state index in [0.29, 0.717) is 17.4 Å². The summed E-state index contributed by atoms with van der Waals surface area (Å²) in [6.07, 6.45) is 2.66. The molecule has 28 heavy (non-hydrogen) atoms. The van der Waals surface area contributed by atoms with Crippen LogP contribution in [-0.4, -0.2) is 24.2 Å². The summed E-state index contributed by atoms with van der Waals surface area (Å²) >= 11 is 0. The lowest BCUT2D eigenvalue weighted by atomic mass is 10.0. The van der Waals surface area contributed by atoms with Gasteiger partial charge in [-0.2, -0.15) is 0 Å². The minimum atomic E-state index is 0.644. The molecule has 0 aliphatic rings. The van der Waals surface area contributed by atoms with Crippen molar-refractivity contribution in [2.75, 3.05) is 19.5 Å². The molecule has 1 heterocycles. The van der Waals surface area contributed by atoms with Crippen molar-refractivity contribution >= 4 is 11.5 Å². The van der Waals surface area contributed by atoms with Crippen molar-refractivity contribution in [2.24, 2.45) is 5.92 Å². The van der Waals surface area contributed by atoms with Crippen LogP contribution in [0.4, 0.5) is 11.5 Å². The zero-order valence-electron chi connectivity index (χ0n) is 17.1. The highest BCUT2D eigenvalue weighted by Gasteiger charge is 2.10. The molecule has 0 spiro atoms. The Morgan fingerprint density at radius 2 is 1.61 bits per heavy atom. The Bertz CT molecular complexity index is 937.